The molecule has 8 heteroatoms. The maximum absolute atomic E-state index is 11.0. The summed E-state index contributed by atoms with van der Waals surface area (Å²) in [6, 6.07) is 14.4. The van der Waals surface area contributed by atoms with Gasteiger partial charge in [0.05, 0.1) is 0 Å². The summed E-state index contributed by atoms with van der Waals surface area (Å²) in [6.07, 6.45) is 0. The van der Waals surface area contributed by atoms with Crippen molar-refractivity contribution in [2.24, 2.45) is 10.2 Å². The zero-order valence-corrected chi connectivity index (χ0v) is 13.7. The maximum Gasteiger partial charge on any atom is 0.269 e. The van der Waals surface area contributed by atoms with Crippen LogP contribution in [0.15, 0.2) is 64.8 Å². The van der Waals surface area contributed by atoms with E-state index in [2.05, 4.69) is 10.2 Å². The molecule has 0 aliphatic carbocycles. The molecule has 3 aromatic carbocycles. The molecule has 0 aromatic heterocycles. The molecule has 0 aliphatic heterocycles. The van der Waals surface area contributed by atoms with Crippen molar-refractivity contribution < 1.29 is 23.2 Å². The van der Waals surface area contributed by atoms with Gasteiger partial charge >= 0.3 is 0 Å². The van der Waals surface area contributed by atoms with Crippen LogP contribution >= 0.6 is 0 Å². The minimum absolute atomic E-state index is 0.0217. The molecule has 0 saturated heterocycles. The summed E-state index contributed by atoms with van der Waals surface area (Å²) < 4.78 is 30.9. The highest BCUT2D eigenvalue weighted by molar-refractivity contribution is 7.85. The molecular formula is C17H14N2O5S. The number of aromatic hydroxyl groups is 2. The van der Waals surface area contributed by atoms with E-state index in [4.69, 9.17) is 4.55 Å². The van der Waals surface area contributed by atoms with Gasteiger partial charge in [-0.15, -0.1) is 10.2 Å². The molecule has 128 valence electrons. The van der Waals surface area contributed by atoms with E-state index in [1.54, 1.807) is 18.2 Å². The lowest BCUT2D eigenvalue weighted by molar-refractivity contribution is 0.473. The van der Waals surface area contributed by atoms with Gasteiger partial charge in [0, 0.05) is 5.39 Å². The highest BCUT2D eigenvalue weighted by atomic mass is 32.2. The number of nitrogens with zero attached hydrogens (tertiary/aromatic N) is 2. The van der Waals surface area contributed by atoms with Crippen molar-refractivity contribution in [2.75, 3.05) is 0 Å². The minimum atomic E-state index is -4.20. The first-order valence-electron chi connectivity index (χ1n) is 7.23. The molecule has 0 saturated carbocycles. The quantitative estimate of drug-likeness (QED) is 0.480. The molecule has 7 nitrogen and oxygen atoms in total. The molecule has 3 rings (SSSR count). The lowest BCUT2D eigenvalue weighted by Crippen LogP contribution is -2.01. The Labute approximate surface area is 143 Å². The summed E-state index contributed by atoms with van der Waals surface area (Å²) in [5.41, 5.74) is 0.502. The van der Waals surface area contributed by atoms with Gasteiger partial charge in [0.1, 0.15) is 28.6 Å². The average Bonchev–Trinajstić information content (AvgIpc) is 2.55. The molecule has 0 amide bonds. The number of fused-ring (bicyclic) bond motifs is 1. The van der Waals surface area contributed by atoms with Crippen LogP contribution < -0.4 is 0 Å². The second-order valence-electron chi connectivity index (χ2n) is 5.40. The average molecular weight is 358 g/mol. The first-order valence-corrected chi connectivity index (χ1v) is 8.84. The molecule has 0 unspecified atom stereocenters. The first-order chi connectivity index (χ1) is 11.8. The number of phenols is 2. The molecule has 0 spiro atoms. The van der Waals surface area contributed by atoms with Crippen LogP contribution in [0.2, 0.25) is 0 Å². The Bertz CT molecular complexity index is 1080. The summed E-state index contributed by atoms with van der Waals surface area (Å²) in [5, 5.41) is 29.4. The number of phenolic OH excluding ortho intramolecular Hbond substituents is 2. The van der Waals surface area contributed by atoms with Crippen molar-refractivity contribution in [1.82, 2.24) is 0 Å². The van der Waals surface area contributed by atoms with Crippen molar-refractivity contribution in [3.63, 3.8) is 0 Å². The van der Waals surface area contributed by atoms with Gasteiger partial charge in [0.25, 0.3) is 10.1 Å². The topological polar surface area (TPSA) is 120 Å². The van der Waals surface area contributed by atoms with Crippen LogP contribution in [-0.2, 0) is 15.9 Å². The number of rotatable bonds is 4. The standard InChI is InChI=1S/C17H14N2O5S/c20-15-7-5-11(10-25(22,23)24)9-14(15)18-19-17-13-4-2-1-3-12(13)6-8-16(17)21/h1-9,20-21H,10H2,(H,22,23,24). The van der Waals surface area contributed by atoms with Gasteiger partial charge in [0.15, 0.2) is 0 Å². The largest absolute Gasteiger partial charge is 0.506 e. The summed E-state index contributed by atoms with van der Waals surface area (Å²) in [5.74, 6) is -0.881. The predicted molar refractivity (Wildman–Crippen MR) is 93.1 cm³/mol. The van der Waals surface area contributed by atoms with Gasteiger partial charge in [-0.25, -0.2) is 0 Å². The van der Waals surface area contributed by atoms with Gasteiger partial charge < -0.3 is 10.2 Å². The fourth-order valence-corrected chi connectivity index (χ4v) is 3.00. The molecule has 0 aliphatic rings. The highest BCUT2D eigenvalue weighted by Crippen LogP contribution is 2.37. The van der Waals surface area contributed by atoms with Crippen LogP contribution in [0, 0.1) is 0 Å². The van der Waals surface area contributed by atoms with Crippen molar-refractivity contribution in [3.8, 4) is 11.5 Å². The van der Waals surface area contributed by atoms with Crippen LogP contribution in [0.1, 0.15) is 5.56 Å². The van der Waals surface area contributed by atoms with Gasteiger partial charge in [-0.05, 0) is 29.1 Å². The number of benzene rings is 3. The summed E-state index contributed by atoms with van der Waals surface area (Å²) >= 11 is 0. The molecule has 0 atom stereocenters. The molecule has 3 aromatic rings. The van der Waals surface area contributed by atoms with Gasteiger partial charge in [-0.2, -0.15) is 8.42 Å². The Balaban J connectivity index is 2.03. The van der Waals surface area contributed by atoms with E-state index in [1.165, 1.54) is 24.3 Å². The fourth-order valence-electron chi connectivity index (χ4n) is 2.40. The number of hydrogen-bond acceptors (Lipinski definition) is 6. The highest BCUT2D eigenvalue weighted by Gasteiger charge is 2.10. The molecule has 0 heterocycles. The van der Waals surface area contributed by atoms with E-state index in [-0.39, 0.29) is 28.4 Å². The lowest BCUT2D eigenvalue weighted by Gasteiger charge is -2.05. The third-order valence-corrected chi connectivity index (χ3v) is 4.22. The summed E-state index contributed by atoms with van der Waals surface area (Å²) in [6.45, 7) is 0. The van der Waals surface area contributed by atoms with Gasteiger partial charge in [-0.1, -0.05) is 36.4 Å². The van der Waals surface area contributed by atoms with Crippen LogP contribution in [0.3, 0.4) is 0 Å². The zero-order chi connectivity index (χ0) is 18.0. The van der Waals surface area contributed by atoms with E-state index in [0.29, 0.717) is 5.39 Å². The Kier molecular flexibility index (Phi) is 4.39. The van der Waals surface area contributed by atoms with E-state index in [1.807, 2.05) is 12.1 Å². The third-order valence-electron chi connectivity index (χ3n) is 3.53. The number of azo groups is 1. The molecule has 3 N–H and O–H groups in total. The van der Waals surface area contributed by atoms with Crippen LogP contribution in [0.5, 0.6) is 11.5 Å². The minimum Gasteiger partial charge on any atom is -0.506 e. The third kappa shape index (κ3) is 3.93. The Morgan fingerprint density at radius 3 is 2.36 bits per heavy atom. The second-order valence-corrected chi connectivity index (χ2v) is 6.86. The number of hydrogen-bond donors (Lipinski definition) is 3. The molecule has 0 fully saturated rings. The summed E-state index contributed by atoms with van der Waals surface area (Å²) in [4.78, 5) is 0. The fraction of sp³-hybridized carbons (Fsp3) is 0.0588. The Morgan fingerprint density at radius 2 is 1.60 bits per heavy atom. The Morgan fingerprint density at radius 1 is 0.880 bits per heavy atom. The van der Waals surface area contributed by atoms with Crippen molar-refractivity contribution in [2.45, 2.75) is 5.75 Å². The molecule has 0 radical (unpaired) electrons. The maximum atomic E-state index is 11.0. The van der Waals surface area contributed by atoms with E-state index >= 15 is 0 Å². The molecule has 25 heavy (non-hydrogen) atoms. The van der Waals surface area contributed by atoms with Crippen molar-refractivity contribution in [3.05, 3.63) is 60.2 Å². The van der Waals surface area contributed by atoms with Gasteiger partial charge in [-0.3, -0.25) is 4.55 Å². The lowest BCUT2D eigenvalue weighted by atomic mass is 10.1. The van der Waals surface area contributed by atoms with Crippen molar-refractivity contribution >= 4 is 32.3 Å². The monoisotopic (exact) mass is 358 g/mol. The predicted octanol–water partition coefficient (Wildman–Crippen LogP) is 4.05. The smallest absolute Gasteiger partial charge is 0.269 e. The van der Waals surface area contributed by atoms with Crippen molar-refractivity contribution in [1.29, 1.82) is 0 Å². The first kappa shape index (κ1) is 16.9. The van der Waals surface area contributed by atoms with Crippen LogP contribution in [0.25, 0.3) is 10.8 Å². The molecule has 0 bridgehead atoms. The summed E-state index contributed by atoms with van der Waals surface area (Å²) in [7, 11) is -4.20. The van der Waals surface area contributed by atoms with Crippen LogP contribution in [-0.4, -0.2) is 23.2 Å². The van der Waals surface area contributed by atoms with Gasteiger partial charge in [0.2, 0.25) is 0 Å². The Hall–Kier alpha value is -2.97. The normalized spacial score (nSPS) is 12.0. The zero-order valence-electron chi connectivity index (χ0n) is 12.9. The second kappa shape index (κ2) is 6.50. The van der Waals surface area contributed by atoms with Crippen LogP contribution in [0.4, 0.5) is 11.4 Å². The van der Waals surface area contributed by atoms with E-state index < -0.39 is 15.9 Å². The SMILES string of the molecule is O=S(=O)(O)Cc1ccc(O)c(N=Nc2c(O)ccc3ccccc23)c1. The van der Waals surface area contributed by atoms with E-state index in [9.17, 15) is 18.6 Å². The molecular weight excluding hydrogens is 344 g/mol. The van der Waals surface area contributed by atoms with E-state index in [0.717, 1.165) is 5.39 Å².